The number of allylic oxidation sites excluding steroid dienone is 2. The largest absolute Gasteiger partial charge is 0.478 e. The van der Waals surface area contributed by atoms with Crippen LogP contribution < -0.4 is 5.32 Å². The van der Waals surface area contributed by atoms with Crippen LogP contribution >= 0.6 is 11.6 Å². The number of nitrogens with zero attached hydrogens (tertiary/aromatic N) is 2. The Morgan fingerprint density at radius 1 is 0.877 bits per heavy atom. The van der Waals surface area contributed by atoms with E-state index in [1.54, 1.807) is 19.9 Å². The van der Waals surface area contributed by atoms with Gasteiger partial charge in [-0.05, 0) is 76.9 Å². The normalized spacial score (nSPS) is 16.6. The molecule has 304 valence electrons. The van der Waals surface area contributed by atoms with Crippen molar-refractivity contribution in [3.8, 4) is 0 Å². The second-order valence-corrected chi connectivity index (χ2v) is 13.7. The summed E-state index contributed by atoms with van der Waals surface area (Å²) >= 11 is 6.07. The maximum atomic E-state index is 12.3. The highest BCUT2D eigenvalue weighted by molar-refractivity contribution is 6.30. The molecule has 1 fully saturated rings. The van der Waals surface area contributed by atoms with Crippen LogP contribution in [0.2, 0.25) is 5.02 Å². The van der Waals surface area contributed by atoms with E-state index in [4.69, 9.17) is 36.0 Å². The molecule has 57 heavy (non-hydrogen) atoms. The maximum Gasteiger partial charge on any atom is 0.336 e. The number of carbonyl (C=O) groups is 4. The van der Waals surface area contributed by atoms with Crippen molar-refractivity contribution in [2.75, 3.05) is 34.4 Å². The first kappa shape index (κ1) is 45.6. The summed E-state index contributed by atoms with van der Waals surface area (Å²) in [4.78, 5) is 57.1. The summed E-state index contributed by atoms with van der Waals surface area (Å²) in [7, 11) is 4.64. The monoisotopic (exact) mass is 805 g/mol. The van der Waals surface area contributed by atoms with E-state index in [0.717, 1.165) is 23.6 Å². The first-order valence-electron chi connectivity index (χ1n) is 17.9. The Kier molecular flexibility index (Phi) is 17.2. The van der Waals surface area contributed by atoms with Crippen molar-refractivity contribution in [3.63, 3.8) is 0 Å². The van der Waals surface area contributed by atoms with Crippen LogP contribution in [0.25, 0.3) is 0 Å². The second kappa shape index (κ2) is 21.5. The molecule has 2 heterocycles. The molecule has 14 nitrogen and oxygen atoms in total. The summed E-state index contributed by atoms with van der Waals surface area (Å²) in [5.74, 6) is -4.84. The van der Waals surface area contributed by atoms with Gasteiger partial charge in [0, 0.05) is 52.8 Å². The number of benzene rings is 3. The van der Waals surface area contributed by atoms with E-state index >= 15 is 0 Å². The van der Waals surface area contributed by atoms with Crippen molar-refractivity contribution >= 4 is 41.2 Å². The molecule has 3 aromatic carbocycles. The molecule has 0 saturated carbocycles. The Labute approximate surface area is 336 Å². The molecule has 0 aliphatic carbocycles. The summed E-state index contributed by atoms with van der Waals surface area (Å²) in [6.45, 7) is 7.40. The zero-order chi connectivity index (χ0) is 42.3. The topological polar surface area (TPSA) is 195 Å². The zero-order valence-electron chi connectivity index (χ0n) is 32.7. The van der Waals surface area contributed by atoms with E-state index in [1.807, 2.05) is 18.2 Å². The van der Waals surface area contributed by atoms with Crippen LogP contribution in [0, 0.1) is 10.1 Å². The van der Waals surface area contributed by atoms with Gasteiger partial charge < -0.3 is 34.6 Å². The van der Waals surface area contributed by atoms with E-state index < -0.39 is 40.3 Å². The molecule has 2 aliphatic heterocycles. The number of dihydropyridines is 1. The number of para-hydroxylation sites is 1. The number of halogens is 1. The number of nitro benzene ring substituents is 1. The van der Waals surface area contributed by atoms with Crippen LogP contribution in [-0.2, 0) is 39.0 Å². The van der Waals surface area contributed by atoms with Gasteiger partial charge in [-0.1, -0.05) is 72.3 Å². The summed E-state index contributed by atoms with van der Waals surface area (Å²) < 4.78 is 16.1. The Morgan fingerprint density at radius 3 is 1.86 bits per heavy atom. The molecular weight excluding hydrogens is 758 g/mol. The number of nitrogens with one attached hydrogen (secondary N) is 1. The lowest BCUT2D eigenvalue weighted by Crippen LogP contribution is -2.32. The number of hydrogen-bond acceptors (Lipinski definition) is 11. The van der Waals surface area contributed by atoms with Gasteiger partial charge in [0.15, 0.2) is 0 Å². The third kappa shape index (κ3) is 12.3. The van der Waals surface area contributed by atoms with E-state index in [1.165, 1.54) is 57.4 Å². The molecule has 2 aliphatic rings. The fourth-order valence-electron chi connectivity index (χ4n) is 6.71. The van der Waals surface area contributed by atoms with Gasteiger partial charge >= 0.3 is 23.9 Å². The van der Waals surface area contributed by atoms with Crippen molar-refractivity contribution in [1.82, 2.24) is 10.2 Å². The van der Waals surface area contributed by atoms with Crippen molar-refractivity contribution in [2.45, 2.75) is 57.6 Å². The van der Waals surface area contributed by atoms with Gasteiger partial charge in [0.1, 0.15) is 5.60 Å². The predicted molar refractivity (Wildman–Crippen MR) is 213 cm³/mol. The van der Waals surface area contributed by atoms with Crippen LogP contribution in [-0.4, -0.2) is 84.4 Å². The average molecular weight is 806 g/mol. The van der Waals surface area contributed by atoms with Crippen molar-refractivity contribution < 1.29 is 48.5 Å². The highest BCUT2D eigenvalue weighted by Gasteiger charge is 2.40. The van der Waals surface area contributed by atoms with Crippen LogP contribution in [0.4, 0.5) is 5.69 Å². The summed E-state index contributed by atoms with van der Waals surface area (Å²) in [5, 5.41) is 30.8. The van der Waals surface area contributed by atoms with Gasteiger partial charge in [-0.15, -0.1) is 0 Å². The number of aliphatic carboxylic acids is 2. The number of carboxylic acids is 2. The highest BCUT2D eigenvalue weighted by atomic mass is 35.5. The minimum atomic E-state index is -1.26. The van der Waals surface area contributed by atoms with Crippen molar-refractivity contribution in [3.05, 3.63) is 145 Å². The van der Waals surface area contributed by atoms with Gasteiger partial charge in [0.05, 0.1) is 36.2 Å². The molecule has 3 aromatic rings. The van der Waals surface area contributed by atoms with Crippen LogP contribution in [0.5, 0.6) is 0 Å². The number of nitro groups is 1. The smallest absolute Gasteiger partial charge is 0.336 e. The predicted octanol–water partition coefficient (Wildman–Crippen LogP) is 6.99. The highest BCUT2D eigenvalue weighted by Crippen LogP contribution is 2.42. The van der Waals surface area contributed by atoms with Crippen molar-refractivity contribution in [2.24, 2.45) is 0 Å². The first-order chi connectivity index (χ1) is 27.0. The van der Waals surface area contributed by atoms with Gasteiger partial charge in [0.2, 0.25) is 0 Å². The third-order valence-electron chi connectivity index (χ3n) is 9.62. The number of carbonyl (C=O) groups excluding carboxylic acids is 2. The lowest BCUT2D eigenvalue weighted by Gasteiger charge is -2.32. The number of carboxylic acid groups (broad SMARTS) is 2. The zero-order valence-corrected chi connectivity index (χ0v) is 33.4. The molecule has 0 aromatic heterocycles. The summed E-state index contributed by atoms with van der Waals surface area (Å²) in [5.41, 5.74) is 3.05. The minimum Gasteiger partial charge on any atom is -0.478 e. The average Bonchev–Trinajstić information content (AvgIpc) is 3.61. The molecule has 0 amide bonds. The standard InChI is InChI=1S/C21H26ClNO.C17H18N2O6.C4H4O4/c1-21(17-7-4-3-5-8-17,18-10-12-19(22)13-11-18)24-16-14-20-9-6-15-23(20)2;1-9-13(16(20)24-3)15(14(10(2)18-9)17(21)25-4)11-7-5-6-8-12(11)19(22)23;5-3(6)1-2-4(7)8/h3-5,7-8,10-13,20H,6,9,14-16H2,1-2H3;5-8,15,18H,1-4H3;1-2H,(H,5,6)(H,7,8). The van der Waals surface area contributed by atoms with Gasteiger partial charge in [-0.3, -0.25) is 10.1 Å². The molecule has 15 heteroatoms. The first-order valence-corrected chi connectivity index (χ1v) is 18.3. The van der Waals surface area contributed by atoms with Crippen molar-refractivity contribution in [1.29, 1.82) is 0 Å². The van der Waals surface area contributed by atoms with Gasteiger partial charge in [-0.2, -0.15) is 0 Å². The molecule has 2 unspecified atom stereocenters. The number of rotatable bonds is 12. The summed E-state index contributed by atoms with van der Waals surface area (Å²) in [6.07, 6.45) is 4.77. The number of hydrogen-bond donors (Lipinski definition) is 3. The molecule has 0 radical (unpaired) electrons. The SMILES string of the molecule is CN1CCCC1CCOC(C)(c1ccccc1)c1ccc(Cl)cc1.COC(=O)C1=C(C)NC(C)=C(C(=O)OC)C1c1ccccc1[N+](=O)[O-].O=C(O)C=CC(=O)O. The Morgan fingerprint density at radius 2 is 1.39 bits per heavy atom. The van der Waals surface area contributed by atoms with Crippen LogP contribution in [0.3, 0.4) is 0 Å². The lowest BCUT2D eigenvalue weighted by atomic mass is 9.79. The maximum absolute atomic E-state index is 12.3. The number of methoxy groups -OCH3 is 2. The van der Waals surface area contributed by atoms with Crippen LogP contribution in [0.15, 0.2) is 114 Å². The molecule has 0 bridgehead atoms. The van der Waals surface area contributed by atoms with E-state index in [0.29, 0.717) is 29.6 Å². The quantitative estimate of drug-likeness (QED) is 0.0734. The summed E-state index contributed by atoms with van der Waals surface area (Å²) in [6, 6.07) is 25.1. The van der Waals surface area contributed by atoms with E-state index in [9.17, 15) is 29.3 Å². The molecule has 5 rings (SSSR count). The number of ether oxygens (including phenoxy) is 3. The molecule has 3 N–H and O–H groups in total. The fraction of sp³-hybridized carbons (Fsp3) is 0.333. The minimum absolute atomic E-state index is 0.128. The van der Waals surface area contributed by atoms with E-state index in [-0.39, 0.29) is 22.4 Å². The Bertz CT molecular complexity index is 1940. The molecule has 0 spiro atoms. The number of esters is 2. The molecule has 1 saturated heterocycles. The number of likely N-dealkylation sites (tertiary alicyclic amines) is 1. The molecular formula is C42H48ClN3O11. The molecule has 2 atom stereocenters. The van der Waals surface area contributed by atoms with E-state index in [2.05, 4.69) is 60.6 Å². The van der Waals surface area contributed by atoms with Gasteiger partial charge in [0.25, 0.3) is 5.69 Å². The Hall–Kier alpha value is -5.83. The van der Waals surface area contributed by atoms with Crippen LogP contribution in [0.1, 0.15) is 62.6 Å². The third-order valence-corrected chi connectivity index (χ3v) is 9.87. The fourth-order valence-corrected chi connectivity index (χ4v) is 6.83. The second-order valence-electron chi connectivity index (χ2n) is 13.3. The Balaban J connectivity index is 0.000000257. The lowest BCUT2D eigenvalue weighted by molar-refractivity contribution is -0.385. The van der Waals surface area contributed by atoms with Gasteiger partial charge in [-0.25, -0.2) is 19.2 Å².